The van der Waals surface area contributed by atoms with Gasteiger partial charge in [-0.3, -0.25) is 0 Å². The number of halogens is 1. The minimum atomic E-state index is -0.306. The minimum Gasteiger partial charge on any atom is -0.494 e. The van der Waals surface area contributed by atoms with E-state index >= 15 is 0 Å². The minimum absolute atomic E-state index is 0.101. The van der Waals surface area contributed by atoms with Crippen LogP contribution in [0.25, 0.3) is 0 Å². The van der Waals surface area contributed by atoms with Crippen molar-refractivity contribution < 1.29 is 14.2 Å². The summed E-state index contributed by atoms with van der Waals surface area (Å²) in [6.45, 7) is 6.88. The van der Waals surface area contributed by atoms with Gasteiger partial charge >= 0.3 is 0 Å². The van der Waals surface area contributed by atoms with Crippen LogP contribution in [0.2, 0.25) is 0 Å². The Bertz CT molecular complexity index is 1180. The fourth-order valence-electron chi connectivity index (χ4n) is 4.40. The molecule has 0 saturated heterocycles. The average Bonchev–Trinajstić information content (AvgIpc) is 3.29. The third-order valence-electron chi connectivity index (χ3n) is 5.95. The lowest BCUT2D eigenvalue weighted by atomic mass is 9.96. The Morgan fingerprint density at radius 3 is 2.47 bits per heavy atom. The van der Waals surface area contributed by atoms with Crippen molar-refractivity contribution in [1.82, 2.24) is 5.01 Å². The maximum Gasteiger partial charge on any atom is 0.213 e. The predicted octanol–water partition coefficient (Wildman–Crippen LogP) is 7.27. The quantitative estimate of drug-likeness (QED) is 0.328. The maximum atomic E-state index is 6.49. The average molecular weight is 521 g/mol. The van der Waals surface area contributed by atoms with E-state index in [4.69, 9.17) is 19.3 Å². The highest BCUT2D eigenvalue weighted by Gasteiger charge is 2.41. The number of rotatable bonds is 7. The van der Waals surface area contributed by atoms with Crippen molar-refractivity contribution >= 4 is 21.6 Å². The molecule has 0 spiro atoms. The molecule has 3 aromatic rings. The summed E-state index contributed by atoms with van der Waals surface area (Å²) in [4.78, 5) is 0. The molecule has 3 aromatic carbocycles. The second-order valence-corrected chi connectivity index (χ2v) is 9.82. The van der Waals surface area contributed by atoms with Crippen molar-refractivity contribution in [2.24, 2.45) is 5.10 Å². The van der Waals surface area contributed by atoms with Gasteiger partial charge in [0.05, 0.1) is 24.5 Å². The Labute approximate surface area is 209 Å². The summed E-state index contributed by atoms with van der Waals surface area (Å²) in [6.07, 6.45) is 1.64. The molecule has 0 saturated carbocycles. The third kappa shape index (κ3) is 4.64. The SMILES string of the molecule is CCCOc1ccc([C@H]2Oc3ccc(Br)cc3[C@H]3CC(c4ccc(OC(C)C)cc4)=NN32)cc1. The van der Waals surface area contributed by atoms with E-state index in [9.17, 15) is 0 Å². The number of hydrogen-bond acceptors (Lipinski definition) is 5. The van der Waals surface area contributed by atoms with Gasteiger partial charge in [0.2, 0.25) is 6.23 Å². The highest BCUT2D eigenvalue weighted by atomic mass is 79.9. The summed E-state index contributed by atoms with van der Waals surface area (Å²) in [6, 6.07) is 22.7. The van der Waals surface area contributed by atoms with Crippen LogP contribution in [0.15, 0.2) is 76.3 Å². The van der Waals surface area contributed by atoms with Crippen LogP contribution in [0.1, 0.15) is 62.6 Å². The van der Waals surface area contributed by atoms with E-state index in [0.717, 1.165) is 57.0 Å². The van der Waals surface area contributed by atoms with Gasteiger partial charge in [0.1, 0.15) is 17.2 Å². The van der Waals surface area contributed by atoms with Crippen LogP contribution in [0.5, 0.6) is 17.2 Å². The van der Waals surface area contributed by atoms with Crippen LogP contribution in [-0.2, 0) is 0 Å². The predicted molar refractivity (Wildman–Crippen MR) is 138 cm³/mol. The Hall–Kier alpha value is -2.99. The lowest BCUT2D eigenvalue weighted by Gasteiger charge is -2.38. The molecule has 2 aliphatic rings. The normalized spacial score (nSPS) is 18.7. The van der Waals surface area contributed by atoms with Gasteiger partial charge in [0.25, 0.3) is 0 Å². The summed E-state index contributed by atoms with van der Waals surface area (Å²) >= 11 is 3.62. The molecule has 176 valence electrons. The second-order valence-electron chi connectivity index (χ2n) is 8.91. The molecule has 5 rings (SSSR count). The topological polar surface area (TPSA) is 43.3 Å². The van der Waals surface area contributed by atoms with Gasteiger partial charge < -0.3 is 14.2 Å². The fraction of sp³-hybridized carbons (Fsp3) is 0.321. The Morgan fingerprint density at radius 1 is 1.03 bits per heavy atom. The Kier molecular flexibility index (Phi) is 6.50. The maximum absolute atomic E-state index is 6.49. The first-order valence-corrected chi connectivity index (χ1v) is 12.6. The standard InChI is InChI=1S/C28H29BrN2O3/c1-4-15-32-22-10-7-20(8-11-22)28-31-26(24-16-21(29)9-14-27(24)34-28)17-25(30-31)19-5-12-23(13-6-19)33-18(2)3/h5-14,16,18,26,28H,4,15,17H2,1-3H3/t26-,28-/m1/s1. The zero-order chi connectivity index (χ0) is 23.7. The molecule has 0 fully saturated rings. The largest absolute Gasteiger partial charge is 0.494 e. The van der Waals surface area contributed by atoms with E-state index in [1.807, 2.05) is 50.2 Å². The molecule has 2 atom stereocenters. The van der Waals surface area contributed by atoms with Crippen molar-refractivity contribution in [2.45, 2.75) is 52.0 Å². The Morgan fingerprint density at radius 2 is 1.76 bits per heavy atom. The summed E-state index contributed by atoms with van der Waals surface area (Å²) in [5.41, 5.74) is 4.34. The van der Waals surface area contributed by atoms with Crippen molar-refractivity contribution in [3.63, 3.8) is 0 Å². The summed E-state index contributed by atoms with van der Waals surface area (Å²) < 4.78 is 19.1. The molecular weight excluding hydrogens is 492 g/mol. The van der Waals surface area contributed by atoms with E-state index in [-0.39, 0.29) is 18.4 Å². The van der Waals surface area contributed by atoms with Gasteiger partial charge in [-0.25, -0.2) is 5.01 Å². The number of hydrazone groups is 1. The van der Waals surface area contributed by atoms with Crippen molar-refractivity contribution in [2.75, 3.05) is 6.61 Å². The highest BCUT2D eigenvalue weighted by molar-refractivity contribution is 9.10. The monoisotopic (exact) mass is 520 g/mol. The summed E-state index contributed by atoms with van der Waals surface area (Å²) in [5.74, 6) is 2.64. The Balaban J connectivity index is 1.47. The first-order valence-electron chi connectivity index (χ1n) is 11.8. The number of ether oxygens (including phenoxy) is 3. The lowest BCUT2D eigenvalue weighted by Crippen LogP contribution is -2.33. The van der Waals surface area contributed by atoms with Crippen LogP contribution in [-0.4, -0.2) is 23.4 Å². The van der Waals surface area contributed by atoms with E-state index in [1.54, 1.807) is 0 Å². The smallest absolute Gasteiger partial charge is 0.213 e. The van der Waals surface area contributed by atoms with Gasteiger partial charge in [-0.2, -0.15) is 5.10 Å². The lowest BCUT2D eigenvalue weighted by molar-refractivity contribution is -0.0191. The molecule has 0 aromatic heterocycles. The van der Waals surface area contributed by atoms with Gasteiger partial charge in [0.15, 0.2) is 0 Å². The van der Waals surface area contributed by atoms with Crippen LogP contribution < -0.4 is 14.2 Å². The molecule has 34 heavy (non-hydrogen) atoms. The van der Waals surface area contributed by atoms with Crippen molar-refractivity contribution in [3.8, 4) is 17.2 Å². The number of hydrogen-bond donors (Lipinski definition) is 0. The number of benzene rings is 3. The van der Waals surface area contributed by atoms with Gasteiger partial charge in [-0.15, -0.1) is 0 Å². The highest BCUT2D eigenvalue weighted by Crippen LogP contribution is 2.48. The first-order chi connectivity index (χ1) is 16.5. The van der Waals surface area contributed by atoms with Crippen LogP contribution >= 0.6 is 15.9 Å². The van der Waals surface area contributed by atoms with Crippen molar-refractivity contribution in [1.29, 1.82) is 0 Å². The molecule has 5 nitrogen and oxygen atoms in total. The molecule has 0 unspecified atom stereocenters. The molecular formula is C28H29BrN2O3. The molecule has 6 heteroatoms. The summed E-state index contributed by atoms with van der Waals surface area (Å²) in [5, 5.41) is 7.17. The molecule has 0 bridgehead atoms. The van der Waals surface area contributed by atoms with Gasteiger partial charge in [0, 0.05) is 22.0 Å². The zero-order valence-electron chi connectivity index (χ0n) is 19.7. The number of fused-ring (bicyclic) bond motifs is 3. The first kappa shape index (κ1) is 22.8. The molecule has 2 heterocycles. The third-order valence-corrected chi connectivity index (χ3v) is 6.44. The molecule has 2 aliphatic heterocycles. The molecule has 0 radical (unpaired) electrons. The molecule has 0 amide bonds. The van der Waals surface area contributed by atoms with E-state index in [2.05, 4.69) is 58.2 Å². The van der Waals surface area contributed by atoms with E-state index in [0.29, 0.717) is 6.61 Å². The van der Waals surface area contributed by atoms with E-state index < -0.39 is 0 Å². The van der Waals surface area contributed by atoms with Gasteiger partial charge in [-0.1, -0.05) is 22.9 Å². The zero-order valence-corrected chi connectivity index (χ0v) is 21.3. The van der Waals surface area contributed by atoms with Crippen LogP contribution in [0.4, 0.5) is 0 Å². The van der Waals surface area contributed by atoms with Gasteiger partial charge in [-0.05, 0) is 92.6 Å². The number of nitrogens with zero attached hydrogens (tertiary/aromatic N) is 2. The fourth-order valence-corrected chi connectivity index (χ4v) is 4.78. The molecule has 0 aliphatic carbocycles. The van der Waals surface area contributed by atoms with Crippen molar-refractivity contribution in [3.05, 3.63) is 87.9 Å². The molecule has 0 N–H and O–H groups in total. The van der Waals surface area contributed by atoms with Crippen LogP contribution in [0, 0.1) is 0 Å². The van der Waals surface area contributed by atoms with Crippen LogP contribution in [0.3, 0.4) is 0 Å². The van der Waals surface area contributed by atoms with E-state index in [1.165, 1.54) is 0 Å². The second kappa shape index (κ2) is 9.71. The summed E-state index contributed by atoms with van der Waals surface area (Å²) in [7, 11) is 0.